The summed E-state index contributed by atoms with van der Waals surface area (Å²) in [7, 11) is -1.02. The van der Waals surface area contributed by atoms with Crippen LogP contribution in [-0.4, -0.2) is 94.2 Å². The van der Waals surface area contributed by atoms with Crippen LogP contribution in [0.3, 0.4) is 0 Å². The molecule has 224 valence electrons. The van der Waals surface area contributed by atoms with Gasteiger partial charge in [-0.2, -0.15) is 22.7 Å². The van der Waals surface area contributed by atoms with Gasteiger partial charge in [0.25, 0.3) is 16.1 Å². The molecule has 3 rings (SSSR count). The van der Waals surface area contributed by atoms with Crippen molar-refractivity contribution in [2.45, 2.75) is 19.9 Å². The molecule has 0 spiro atoms. The van der Waals surface area contributed by atoms with E-state index in [0.717, 1.165) is 16.2 Å². The first-order chi connectivity index (χ1) is 20.0. The highest BCUT2D eigenvalue weighted by atomic mass is 32.2. The molecule has 0 unspecified atom stereocenters. The lowest BCUT2D eigenvalue weighted by Crippen LogP contribution is -2.55. The van der Waals surface area contributed by atoms with Crippen LogP contribution in [0.1, 0.15) is 35.3 Å². The summed E-state index contributed by atoms with van der Waals surface area (Å²) in [5.74, 6) is 4.33. The van der Waals surface area contributed by atoms with Crippen molar-refractivity contribution in [1.82, 2.24) is 13.9 Å². The SMILES string of the molecule is COCCOc1ccc(C#Cc2ccc(N3CCN(S(=O)(=O)N[C@@H](C(=O)O)C(C)C)CC3)cc2)cc1C(=O)N(C)C#N. The molecular weight excluding hydrogens is 562 g/mol. The number of benzene rings is 2. The van der Waals surface area contributed by atoms with Crippen LogP contribution < -0.4 is 14.4 Å². The number of hydrogen-bond acceptors (Lipinski definition) is 8. The number of piperazine rings is 1. The van der Waals surface area contributed by atoms with Crippen molar-refractivity contribution in [2.75, 3.05) is 58.5 Å². The van der Waals surface area contributed by atoms with Gasteiger partial charge in [0.15, 0.2) is 6.19 Å². The molecule has 13 heteroatoms. The van der Waals surface area contributed by atoms with Crippen molar-refractivity contribution in [3.63, 3.8) is 0 Å². The molecule has 1 aliphatic rings. The fraction of sp³-hybridized carbons (Fsp3) is 0.414. The Bertz CT molecular complexity index is 1470. The molecule has 12 nitrogen and oxygen atoms in total. The van der Waals surface area contributed by atoms with Crippen molar-refractivity contribution >= 4 is 27.8 Å². The Morgan fingerprint density at radius 3 is 2.24 bits per heavy atom. The highest BCUT2D eigenvalue weighted by Gasteiger charge is 2.33. The highest BCUT2D eigenvalue weighted by Crippen LogP contribution is 2.22. The van der Waals surface area contributed by atoms with Crippen molar-refractivity contribution in [3.8, 4) is 23.8 Å². The quantitative estimate of drug-likeness (QED) is 0.171. The summed E-state index contributed by atoms with van der Waals surface area (Å²) < 4.78 is 39.7. The molecule has 0 aromatic heterocycles. The maximum atomic E-state index is 12.7. The van der Waals surface area contributed by atoms with Gasteiger partial charge in [-0.15, -0.1) is 0 Å². The molecule has 0 aliphatic carbocycles. The Hall–Kier alpha value is -4.14. The Morgan fingerprint density at radius 2 is 1.67 bits per heavy atom. The van der Waals surface area contributed by atoms with E-state index in [1.165, 1.54) is 11.4 Å². The Labute approximate surface area is 246 Å². The van der Waals surface area contributed by atoms with Gasteiger partial charge in [-0.05, 0) is 48.4 Å². The maximum absolute atomic E-state index is 12.7. The van der Waals surface area contributed by atoms with Gasteiger partial charge in [0.2, 0.25) is 0 Å². The smallest absolute Gasteiger partial charge is 0.322 e. The van der Waals surface area contributed by atoms with Gasteiger partial charge in [0, 0.05) is 57.2 Å². The molecule has 1 heterocycles. The molecule has 0 radical (unpaired) electrons. The first-order valence-electron chi connectivity index (χ1n) is 13.3. The third-order valence-electron chi connectivity index (χ3n) is 6.58. The van der Waals surface area contributed by atoms with Gasteiger partial charge in [0.1, 0.15) is 18.4 Å². The molecule has 0 saturated carbocycles. The molecule has 42 heavy (non-hydrogen) atoms. The van der Waals surface area contributed by atoms with Gasteiger partial charge in [-0.25, -0.2) is 4.90 Å². The number of nitrogens with zero attached hydrogens (tertiary/aromatic N) is 4. The second-order valence-electron chi connectivity index (χ2n) is 9.88. The van der Waals surface area contributed by atoms with Crippen LogP contribution in [0, 0.1) is 29.2 Å². The van der Waals surface area contributed by atoms with Crippen molar-refractivity contribution in [1.29, 1.82) is 5.26 Å². The number of nitrogens with one attached hydrogen (secondary N) is 1. The van der Waals surface area contributed by atoms with E-state index in [1.54, 1.807) is 45.3 Å². The second kappa shape index (κ2) is 14.7. The van der Waals surface area contributed by atoms with E-state index in [-0.39, 0.29) is 25.3 Å². The molecule has 1 atom stereocenters. The predicted molar refractivity (Wildman–Crippen MR) is 156 cm³/mol. The Balaban J connectivity index is 1.67. The summed E-state index contributed by atoms with van der Waals surface area (Å²) in [6, 6.07) is 11.3. The zero-order valence-electron chi connectivity index (χ0n) is 24.0. The molecule has 1 saturated heterocycles. The molecule has 2 N–H and O–H groups in total. The number of carboxylic acid groups (broad SMARTS) is 1. The number of methoxy groups -OCH3 is 1. The van der Waals surface area contributed by atoms with Crippen LogP contribution >= 0.6 is 0 Å². The summed E-state index contributed by atoms with van der Waals surface area (Å²) >= 11 is 0. The lowest BCUT2D eigenvalue weighted by molar-refractivity contribution is -0.140. The molecule has 2 aromatic carbocycles. The van der Waals surface area contributed by atoms with Crippen LogP contribution in [-0.2, 0) is 19.7 Å². The van der Waals surface area contributed by atoms with Crippen molar-refractivity contribution < 1.29 is 32.6 Å². The number of rotatable bonds is 11. The molecule has 1 aliphatic heterocycles. The number of nitriles is 1. The fourth-order valence-electron chi connectivity index (χ4n) is 4.15. The number of carbonyl (C=O) groups excluding carboxylic acids is 1. The topological polar surface area (TPSA) is 153 Å². The number of amides is 1. The first-order valence-corrected chi connectivity index (χ1v) is 14.7. The Morgan fingerprint density at radius 1 is 1.05 bits per heavy atom. The van der Waals surface area contributed by atoms with Gasteiger partial charge in [0.05, 0.1) is 12.2 Å². The van der Waals surface area contributed by atoms with E-state index in [9.17, 15) is 23.1 Å². The molecular formula is C29H35N5O7S. The number of anilines is 1. The minimum absolute atomic E-state index is 0.217. The van der Waals surface area contributed by atoms with E-state index in [1.807, 2.05) is 29.2 Å². The normalized spacial score (nSPS) is 14.4. The molecule has 1 fully saturated rings. The summed E-state index contributed by atoms with van der Waals surface area (Å²) in [6.07, 6.45) is 1.80. The van der Waals surface area contributed by atoms with Gasteiger partial charge >= 0.3 is 5.97 Å². The van der Waals surface area contributed by atoms with Crippen LogP contribution in [0.25, 0.3) is 0 Å². The third-order valence-corrected chi connectivity index (χ3v) is 8.18. The van der Waals surface area contributed by atoms with Gasteiger partial charge in [-0.3, -0.25) is 9.59 Å². The zero-order chi connectivity index (χ0) is 30.9. The fourth-order valence-corrected chi connectivity index (χ4v) is 5.64. The average Bonchev–Trinajstić information content (AvgIpc) is 2.98. The van der Waals surface area contributed by atoms with Crippen LogP contribution in [0.5, 0.6) is 5.75 Å². The van der Waals surface area contributed by atoms with E-state index >= 15 is 0 Å². The van der Waals surface area contributed by atoms with E-state index < -0.39 is 34.0 Å². The van der Waals surface area contributed by atoms with Gasteiger partial charge in [-0.1, -0.05) is 25.7 Å². The summed E-state index contributed by atoms with van der Waals surface area (Å²) in [5, 5.41) is 18.5. The molecule has 1 amide bonds. The summed E-state index contributed by atoms with van der Waals surface area (Å²) in [6.45, 7) is 5.21. The number of carbonyl (C=O) groups is 2. The lowest BCUT2D eigenvalue weighted by atomic mass is 10.1. The minimum Gasteiger partial charge on any atom is -0.490 e. The lowest BCUT2D eigenvalue weighted by Gasteiger charge is -2.36. The Kier molecular flexibility index (Phi) is 11.3. The van der Waals surface area contributed by atoms with Gasteiger partial charge < -0.3 is 19.5 Å². The van der Waals surface area contributed by atoms with Crippen LogP contribution in [0.2, 0.25) is 0 Å². The zero-order valence-corrected chi connectivity index (χ0v) is 24.8. The van der Waals surface area contributed by atoms with Crippen LogP contribution in [0.4, 0.5) is 5.69 Å². The van der Waals surface area contributed by atoms with E-state index in [4.69, 9.17) is 14.7 Å². The summed E-state index contributed by atoms with van der Waals surface area (Å²) in [5.41, 5.74) is 2.43. The van der Waals surface area contributed by atoms with E-state index in [0.29, 0.717) is 31.0 Å². The number of carboxylic acids is 1. The average molecular weight is 598 g/mol. The van der Waals surface area contributed by atoms with E-state index in [2.05, 4.69) is 16.6 Å². The number of hydrogen-bond donors (Lipinski definition) is 2. The maximum Gasteiger partial charge on any atom is 0.322 e. The monoisotopic (exact) mass is 597 g/mol. The molecule has 2 aromatic rings. The third kappa shape index (κ3) is 8.44. The minimum atomic E-state index is -3.94. The van der Waals surface area contributed by atoms with Crippen molar-refractivity contribution in [3.05, 3.63) is 59.2 Å². The summed E-state index contributed by atoms with van der Waals surface area (Å²) in [4.78, 5) is 27.1. The standard InChI is InChI=1S/C29H35N5O7S/c1-21(2)27(29(36)37)31-42(38,39)34-15-13-33(14-16-34)24-10-7-22(8-11-24)5-6-23-9-12-26(41-18-17-40-4)25(19-23)28(35)32(3)20-30/h7-12,19,21,27,31H,13-18H2,1-4H3,(H,36,37)/t27-/m1/s1. The largest absolute Gasteiger partial charge is 0.490 e. The van der Waals surface area contributed by atoms with Crippen LogP contribution in [0.15, 0.2) is 42.5 Å². The number of ether oxygens (including phenoxy) is 2. The van der Waals surface area contributed by atoms with Crippen molar-refractivity contribution in [2.24, 2.45) is 5.92 Å². The second-order valence-corrected chi connectivity index (χ2v) is 11.6. The molecule has 0 bridgehead atoms. The highest BCUT2D eigenvalue weighted by molar-refractivity contribution is 7.87. The first kappa shape index (κ1) is 32.4. The predicted octanol–water partition coefficient (Wildman–Crippen LogP) is 1.73. The number of aliphatic carboxylic acids is 1.